The monoisotopic (exact) mass is 290 g/mol. The number of nitrogens with one attached hydrogen (secondary N) is 2. The Morgan fingerprint density at radius 2 is 1.95 bits per heavy atom. The fourth-order valence-corrected chi connectivity index (χ4v) is 1.81. The molecule has 4 nitrogen and oxygen atoms in total. The molecule has 0 radical (unpaired) electrons. The van der Waals surface area contributed by atoms with Gasteiger partial charge in [-0.1, -0.05) is 26.0 Å². The van der Waals surface area contributed by atoms with E-state index in [1.165, 1.54) is 11.3 Å². The van der Waals surface area contributed by atoms with E-state index in [0.29, 0.717) is 18.5 Å². The van der Waals surface area contributed by atoms with Crippen LogP contribution in [-0.4, -0.2) is 32.6 Å². The molecule has 0 spiro atoms. The van der Waals surface area contributed by atoms with Crippen LogP contribution in [0, 0.1) is 5.92 Å². The molecule has 0 heterocycles. The number of benzene rings is 1. The molecule has 0 aliphatic heterocycles. The van der Waals surface area contributed by atoms with Gasteiger partial charge in [-0.25, -0.2) is 4.99 Å². The number of anilines is 1. The van der Waals surface area contributed by atoms with Gasteiger partial charge in [-0.2, -0.15) is 0 Å². The zero-order chi connectivity index (χ0) is 15.8. The Balaban J connectivity index is 2.75. The van der Waals surface area contributed by atoms with Gasteiger partial charge in [0.25, 0.3) is 0 Å². The number of nitrogens with zero attached hydrogens (tertiary/aromatic N) is 2. The number of hydrogen-bond donors (Lipinski definition) is 2. The minimum atomic E-state index is 0.399. The van der Waals surface area contributed by atoms with Crippen LogP contribution < -0.4 is 15.5 Å². The predicted octanol–water partition coefficient (Wildman–Crippen LogP) is 2.85. The molecule has 21 heavy (non-hydrogen) atoms. The van der Waals surface area contributed by atoms with Gasteiger partial charge in [0, 0.05) is 32.4 Å². The van der Waals surface area contributed by atoms with E-state index in [4.69, 9.17) is 0 Å². The van der Waals surface area contributed by atoms with E-state index in [9.17, 15) is 0 Å². The maximum Gasteiger partial charge on any atom is 0.191 e. The Kier molecular flexibility index (Phi) is 7.06. The van der Waals surface area contributed by atoms with Crippen LogP contribution in [-0.2, 0) is 6.54 Å². The molecule has 1 atom stereocenters. The van der Waals surface area contributed by atoms with E-state index in [2.05, 4.69) is 86.6 Å². The second-order valence-corrected chi connectivity index (χ2v) is 5.94. The summed E-state index contributed by atoms with van der Waals surface area (Å²) in [4.78, 5) is 6.79. The van der Waals surface area contributed by atoms with E-state index in [0.717, 1.165) is 12.5 Å². The standard InChI is InChI=1S/C17H30N4/c1-7-18-17(20-14(4)13(2)3)19-12-15-9-8-10-16(11-15)21(5)6/h8-11,13-14H,7,12H2,1-6H3,(H2,18,19,20). The summed E-state index contributed by atoms with van der Waals surface area (Å²) < 4.78 is 0. The Morgan fingerprint density at radius 1 is 1.24 bits per heavy atom. The largest absolute Gasteiger partial charge is 0.378 e. The van der Waals surface area contributed by atoms with E-state index >= 15 is 0 Å². The summed E-state index contributed by atoms with van der Waals surface area (Å²) >= 11 is 0. The first-order chi connectivity index (χ1) is 9.93. The van der Waals surface area contributed by atoms with Gasteiger partial charge in [-0.15, -0.1) is 0 Å². The summed E-state index contributed by atoms with van der Waals surface area (Å²) in [5.41, 5.74) is 2.42. The molecular formula is C17H30N4. The van der Waals surface area contributed by atoms with Crippen molar-refractivity contribution in [1.82, 2.24) is 10.6 Å². The highest BCUT2D eigenvalue weighted by Gasteiger charge is 2.08. The maximum absolute atomic E-state index is 4.68. The van der Waals surface area contributed by atoms with Gasteiger partial charge in [0.05, 0.1) is 6.54 Å². The van der Waals surface area contributed by atoms with Gasteiger partial charge < -0.3 is 15.5 Å². The van der Waals surface area contributed by atoms with Crippen LogP contribution >= 0.6 is 0 Å². The Hall–Kier alpha value is -1.71. The van der Waals surface area contributed by atoms with E-state index in [1.54, 1.807) is 0 Å². The van der Waals surface area contributed by atoms with Crippen LogP contribution in [0.25, 0.3) is 0 Å². The second-order valence-electron chi connectivity index (χ2n) is 5.94. The van der Waals surface area contributed by atoms with Crippen LogP contribution in [0.1, 0.15) is 33.3 Å². The van der Waals surface area contributed by atoms with Gasteiger partial charge >= 0.3 is 0 Å². The summed E-state index contributed by atoms with van der Waals surface area (Å²) in [5.74, 6) is 1.46. The fraction of sp³-hybridized carbons (Fsp3) is 0.588. The predicted molar refractivity (Wildman–Crippen MR) is 93.0 cm³/mol. The molecule has 0 saturated heterocycles. The normalized spacial score (nSPS) is 13.2. The van der Waals surface area contributed by atoms with Gasteiger partial charge in [-0.3, -0.25) is 0 Å². The lowest BCUT2D eigenvalue weighted by atomic mass is 10.1. The third kappa shape index (κ3) is 6.06. The minimum absolute atomic E-state index is 0.399. The number of rotatable bonds is 6. The first-order valence-corrected chi connectivity index (χ1v) is 7.75. The molecule has 0 bridgehead atoms. The molecule has 0 aromatic heterocycles. The van der Waals surface area contributed by atoms with Crippen molar-refractivity contribution in [3.8, 4) is 0 Å². The first kappa shape index (κ1) is 17.3. The van der Waals surface area contributed by atoms with Crippen molar-refractivity contribution in [3.05, 3.63) is 29.8 Å². The van der Waals surface area contributed by atoms with Crippen LogP contribution in [0.15, 0.2) is 29.3 Å². The van der Waals surface area contributed by atoms with E-state index < -0.39 is 0 Å². The molecule has 0 fully saturated rings. The van der Waals surface area contributed by atoms with Crippen LogP contribution in [0.3, 0.4) is 0 Å². The summed E-state index contributed by atoms with van der Waals surface area (Å²) in [5, 5.41) is 6.76. The third-order valence-corrected chi connectivity index (χ3v) is 3.56. The Bertz CT molecular complexity index is 452. The number of hydrogen-bond acceptors (Lipinski definition) is 2. The van der Waals surface area contributed by atoms with E-state index in [1.807, 2.05) is 0 Å². The lowest BCUT2D eigenvalue weighted by Gasteiger charge is -2.20. The molecule has 1 rings (SSSR count). The zero-order valence-electron chi connectivity index (χ0n) is 14.3. The molecule has 1 unspecified atom stereocenters. The first-order valence-electron chi connectivity index (χ1n) is 7.75. The second kappa shape index (κ2) is 8.55. The van der Waals surface area contributed by atoms with Crippen molar-refractivity contribution in [3.63, 3.8) is 0 Å². The molecular weight excluding hydrogens is 260 g/mol. The summed E-state index contributed by atoms with van der Waals surface area (Å²) in [6.07, 6.45) is 0. The quantitative estimate of drug-likeness (QED) is 0.625. The average Bonchev–Trinajstić information content (AvgIpc) is 2.45. The summed E-state index contributed by atoms with van der Waals surface area (Å²) in [6.45, 7) is 10.2. The highest BCUT2D eigenvalue weighted by Crippen LogP contribution is 2.14. The molecule has 0 aliphatic rings. The molecule has 0 aliphatic carbocycles. The highest BCUT2D eigenvalue weighted by molar-refractivity contribution is 5.80. The minimum Gasteiger partial charge on any atom is -0.378 e. The zero-order valence-corrected chi connectivity index (χ0v) is 14.3. The van der Waals surface area contributed by atoms with Crippen molar-refractivity contribution in [1.29, 1.82) is 0 Å². The topological polar surface area (TPSA) is 39.7 Å². The van der Waals surface area contributed by atoms with Crippen molar-refractivity contribution in [2.45, 2.75) is 40.3 Å². The average molecular weight is 290 g/mol. The SMILES string of the molecule is CCNC(=NCc1cccc(N(C)C)c1)NC(C)C(C)C. The lowest BCUT2D eigenvalue weighted by Crippen LogP contribution is -2.44. The van der Waals surface area contributed by atoms with Crippen LogP contribution in [0.5, 0.6) is 0 Å². The van der Waals surface area contributed by atoms with Crippen molar-refractivity contribution >= 4 is 11.6 Å². The highest BCUT2D eigenvalue weighted by atomic mass is 15.2. The lowest BCUT2D eigenvalue weighted by molar-refractivity contribution is 0.481. The molecule has 0 amide bonds. The summed E-state index contributed by atoms with van der Waals surface area (Å²) in [6, 6.07) is 8.88. The number of guanidine groups is 1. The molecule has 4 heteroatoms. The van der Waals surface area contributed by atoms with Gasteiger partial charge in [-0.05, 0) is 37.5 Å². The van der Waals surface area contributed by atoms with Crippen molar-refractivity contribution in [2.24, 2.45) is 10.9 Å². The van der Waals surface area contributed by atoms with E-state index in [-0.39, 0.29) is 0 Å². The third-order valence-electron chi connectivity index (χ3n) is 3.56. The summed E-state index contributed by atoms with van der Waals surface area (Å²) in [7, 11) is 4.11. The Labute approximate surface area is 129 Å². The molecule has 118 valence electrons. The fourth-order valence-electron chi connectivity index (χ4n) is 1.81. The molecule has 1 aromatic carbocycles. The van der Waals surface area contributed by atoms with Gasteiger partial charge in [0.2, 0.25) is 0 Å². The van der Waals surface area contributed by atoms with Gasteiger partial charge in [0.15, 0.2) is 5.96 Å². The molecule has 0 saturated carbocycles. The molecule has 2 N–H and O–H groups in total. The molecule has 1 aromatic rings. The van der Waals surface area contributed by atoms with Gasteiger partial charge in [0.1, 0.15) is 0 Å². The maximum atomic E-state index is 4.68. The van der Waals surface area contributed by atoms with Crippen molar-refractivity contribution in [2.75, 3.05) is 25.5 Å². The Morgan fingerprint density at radius 3 is 2.52 bits per heavy atom. The number of aliphatic imine (C=N–C) groups is 1. The van der Waals surface area contributed by atoms with Crippen LogP contribution in [0.2, 0.25) is 0 Å². The van der Waals surface area contributed by atoms with Crippen molar-refractivity contribution < 1.29 is 0 Å². The van der Waals surface area contributed by atoms with Crippen LogP contribution in [0.4, 0.5) is 5.69 Å². The smallest absolute Gasteiger partial charge is 0.191 e.